The molecule has 1 atom stereocenters. The van der Waals surface area contributed by atoms with E-state index in [2.05, 4.69) is 5.16 Å². The first-order valence-electron chi connectivity index (χ1n) is 4.42. The molecule has 1 aliphatic heterocycles. The fourth-order valence-electron chi connectivity index (χ4n) is 1.38. The molecule has 2 rings (SSSR count). The largest absolute Gasteiger partial charge is 0.416 e. The molecular formula is C10H8F3NO. The number of alkyl halides is 3. The molecule has 1 aromatic carbocycles. The second-order valence-corrected chi connectivity index (χ2v) is 3.24. The first kappa shape index (κ1) is 10.0. The quantitative estimate of drug-likeness (QED) is 0.705. The summed E-state index contributed by atoms with van der Waals surface area (Å²) in [6, 6.07) is 4.94. The van der Waals surface area contributed by atoms with Crippen LogP contribution in [0.25, 0.3) is 0 Å². The van der Waals surface area contributed by atoms with Crippen LogP contribution in [0, 0.1) is 0 Å². The number of oxime groups is 1. The number of halogens is 3. The van der Waals surface area contributed by atoms with Gasteiger partial charge in [0.15, 0.2) is 6.10 Å². The molecule has 0 bridgehead atoms. The molecule has 1 aromatic rings. The Hall–Kier alpha value is -1.52. The molecule has 0 N–H and O–H groups in total. The van der Waals surface area contributed by atoms with E-state index in [1.807, 2.05) is 0 Å². The van der Waals surface area contributed by atoms with Gasteiger partial charge < -0.3 is 4.84 Å². The smallest absolute Gasteiger partial charge is 0.388 e. The summed E-state index contributed by atoms with van der Waals surface area (Å²) >= 11 is 0. The maximum absolute atomic E-state index is 12.2. The lowest BCUT2D eigenvalue weighted by atomic mass is 10.1. The summed E-state index contributed by atoms with van der Waals surface area (Å²) in [4.78, 5) is 4.95. The predicted molar refractivity (Wildman–Crippen MR) is 48.4 cm³/mol. The minimum atomic E-state index is -4.29. The second kappa shape index (κ2) is 3.56. The summed E-state index contributed by atoms with van der Waals surface area (Å²) < 4.78 is 36.7. The average Bonchev–Trinajstić information content (AvgIpc) is 2.69. The number of hydrogen-bond acceptors (Lipinski definition) is 2. The van der Waals surface area contributed by atoms with Crippen LogP contribution in [-0.4, -0.2) is 6.21 Å². The fraction of sp³-hybridized carbons (Fsp3) is 0.300. The lowest BCUT2D eigenvalue weighted by Gasteiger charge is -2.10. The highest BCUT2D eigenvalue weighted by Gasteiger charge is 2.30. The molecule has 1 heterocycles. The lowest BCUT2D eigenvalue weighted by Crippen LogP contribution is -2.05. The Labute approximate surface area is 84.3 Å². The van der Waals surface area contributed by atoms with Gasteiger partial charge in [0, 0.05) is 12.6 Å². The summed E-state index contributed by atoms with van der Waals surface area (Å²) in [6.07, 6.45) is -2.33. The van der Waals surface area contributed by atoms with Crippen molar-refractivity contribution in [3.8, 4) is 0 Å². The van der Waals surface area contributed by atoms with Crippen molar-refractivity contribution in [2.75, 3.05) is 0 Å². The summed E-state index contributed by atoms with van der Waals surface area (Å²) in [6.45, 7) is 0. The molecule has 0 fully saturated rings. The Morgan fingerprint density at radius 1 is 1.20 bits per heavy atom. The molecule has 0 aliphatic carbocycles. The molecule has 2 nitrogen and oxygen atoms in total. The van der Waals surface area contributed by atoms with Crippen molar-refractivity contribution in [3.05, 3.63) is 35.4 Å². The zero-order valence-corrected chi connectivity index (χ0v) is 7.66. The topological polar surface area (TPSA) is 21.6 Å². The Morgan fingerprint density at radius 2 is 1.87 bits per heavy atom. The van der Waals surface area contributed by atoms with Gasteiger partial charge >= 0.3 is 6.18 Å². The van der Waals surface area contributed by atoms with Crippen molar-refractivity contribution in [1.29, 1.82) is 0 Å². The van der Waals surface area contributed by atoms with Gasteiger partial charge in [0.05, 0.1) is 5.56 Å². The molecule has 0 saturated heterocycles. The number of benzene rings is 1. The van der Waals surface area contributed by atoms with Gasteiger partial charge in [0.2, 0.25) is 0 Å². The zero-order valence-electron chi connectivity index (χ0n) is 7.66. The normalized spacial score (nSPS) is 20.3. The Bertz CT molecular complexity index is 361. The molecule has 0 aromatic heterocycles. The zero-order chi connectivity index (χ0) is 10.9. The van der Waals surface area contributed by atoms with Gasteiger partial charge in [-0.15, -0.1) is 0 Å². The molecule has 15 heavy (non-hydrogen) atoms. The van der Waals surface area contributed by atoms with Crippen LogP contribution in [0.15, 0.2) is 29.4 Å². The maximum Gasteiger partial charge on any atom is 0.416 e. The third-order valence-corrected chi connectivity index (χ3v) is 2.19. The summed E-state index contributed by atoms with van der Waals surface area (Å²) in [5.74, 6) is 0. The van der Waals surface area contributed by atoms with Crippen LogP contribution < -0.4 is 0 Å². The number of rotatable bonds is 1. The SMILES string of the molecule is FC(F)(F)c1ccc(C2CC=NO2)cc1. The van der Waals surface area contributed by atoms with Gasteiger partial charge in [-0.25, -0.2) is 0 Å². The molecule has 1 aliphatic rings. The minimum Gasteiger partial charge on any atom is -0.388 e. The van der Waals surface area contributed by atoms with E-state index in [-0.39, 0.29) is 6.10 Å². The summed E-state index contributed by atoms with van der Waals surface area (Å²) in [7, 11) is 0. The number of hydrogen-bond donors (Lipinski definition) is 0. The van der Waals surface area contributed by atoms with Crippen LogP contribution in [-0.2, 0) is 11.0 Å². The van der Waals surface area contributed by atoms with E-state index in [1.165, 1.54) is 12.1 Å². The maximum atomic E-state index is 12.2. The van der Waals surface area contributed by atoms with Crippen LogP contribution in [0.5, 0.6) is 0 Å². The van der Waals surface area contributed by atoms with Gasteiger partial charge in [-0.1, -0.05) is 17.3 Å². The van der Waals surface area contributed by atoms with E-state index < -0.39 is 11.7 Å². The molecule has 0 radical (unpaired) electrons. The van der Waals surface area contributed by atoms with E-state index in [1.54, 1.807) is 6.21 Å². The van der Waals surface area contributed by atoms with Crippen molar-refractivity contribution in [2.45, 2.75) is 18.7 Å². The molecule has 0 saturated carbocycles. The van der Waals surface area contributed by atoms with E-state index in [0.717, 1.165) is 12.1 Å². The highest BCUT2D eigenvalue weighted by Crippen LogP contribution is 2.31. The van der Waals surface area contributed by atoms with Gasteiger partial charge in [-0.2, -0.15) is 13.2 Å². The fourth-order valence-corrected chi connectivity index (χ4v) is 1.38. The first-order valence-corrected chi connectivity index (χ1v) is 4.42. The number of nitrogens with zero attached hydrogens (tertiary/aromatic N) is 1. The molecular weight excluding hydrogens is 207 g/mol. The summed E-state index contributed by atoms with van der Waals surface area (Å²) in [5.41, 5.74) is 0.0608. The standard InChI is InChI=1S/C10H8F3NO/c11-10(12,13)8-3-1-7(2-4-8)9-5-6-14-15-9/h1-4,6,9H,5H2. The summed E-state index contributed by atoms with van der Waals surface area (Å²) in [5, 5.41) is 3.57. The molecule has 0 spiro atoms. The monoisotopic (exact) mass is 215 g/mol. The van der Waals surface area contributed by atoms with Crippen molar-refractivity contribution in [3.63, 3.8) is 0 Å². The Morgan fingerprint density at radius 3 is 2.33 bits per heavy atom. The highest BCUT2D eigenvalue weighted by atomic mass is 19.4. The molecule has 0 amide bonds. The third kappa shape index (κ3) is 2.11. The lowest BCUT2D eigenvalue weighted by molar-refractivity contribution is -0.137. The van der Waals surface area contributed by atoms with Gasteiger partial charge in [0.1, 0.15) is 0 Å². The van der Waals surface area contributed by atoms with Gasteiger partial charge in [-0.05, 0) is 17.7 Å². The third-order valence-electron chi connectivity index (χ3n) is 2.19. The van der Waals surface area contributed by atoms with Crippen LogP contribution in [0.3, 0.4) is 0 Å². The van der Waals surface area contributed by atoms with Crippen LogP contribution in [0.2, 0.25) is 0 Å². The van der Waals surface area contributed by atoms with Crippen molar-refractivity contribution >= 4 is 6.21 Å². The molecule has 80 valence electrons. The first-order chi connectivity index (χ1) is 7.07. The predicted octanol–water partition coefficient (Wildman–Crippen LogP) is 3.15. The van der Waals surface area contributed by atoms with Gasteiger partial charge in [-0.3, -0.25) is 0 Å². The second-order valence-electron chi connectivity index (χ2n) is 3.24. The highest BCUT2D eigenvalue weighted by molar-refractivity contribution is 5.59. The Balaban J connectivity index is 2.17. The van der Waals surface area contributed by atoms with E-state index >= 15 is 0 Å². The molecule has 1 unspecified atom stereocenters. The minimum absolute atomic E-state index is 0.243. The van der Waals surface area contributed by atoms with Crippen LogP contribution >= 0.6 is 0 Å². The van der Waals surface area contributed by atoms with Gasteiger partial charge in [0.25, 0.3) is 0 Å². The van der Waals surface area contributed by atoms with Crippen molar-refractivity contribution < 1.29 is 18.0 Å². The van der Waals surface area contributed by atoms with Crippen molar-refractivity contribution in [2.24, 2.45) is 5.16 Å². The van der Waals surface area contributed by atoms with E-state index in [4.69, 9.17) is 4.84 Å². The van der Waals surface area contributed by atoms with Crippen molar-refractivity contribution in [1.82, 2.24) is 0 Å². The molecule has 5 heteroatoms. The van der Waals surface area contributed by atoms with Crippen LogP contribution in [0.1, 0.15) is 23.7 Å². The average molecular weight is 215 g/mol. The van der Waals surface area contributed by atoms with E-state index in [9.17, 15) is 13.2 Å². The van der Waals surface area contributed by atoms with Crippen LogP contribution in [0.4, 0.5) is 13.2 Å². The Kier molecular flexibility index (Phi) is 2.38. The van der Waals surface area contributed by atoms with E-state index in [0.29, 0.717) is 12.0 Å².